The van der Waals surface area contributed by atoms with Gasteiger partial charge in [-0.1, -0.05) is 36.4 Å². The molecule has 0 radical (unpaired) electrons. The van der Waals surface area contributed by atoms with Crippen LogP contribution in [-0.2, 0) is 13.0 Å². The van der Waals surface area contributed by atoms with Gasteiger partial charge in [0.2, 0.25) is 0 Å². The minimum Gasteiger partial charge on any atom is -0.489 e. The number of hydrogen-bond donors (Lipinski definition) is 2. The molecular weight excluding hydrogens is 462 g/mol. The van der Waals surface area contributed by atoms with Gasteiger partial charge in [-0.05, 0) is 60.9 Å². The first kappa shape index (κ1) is 24.3. The fourth-order valence-corrected chi connectivity index (χ4v) is 4.60. The summed E-state index contributed by atoms with van der Waals surface area (Å²) >= 11 is 0. The molecule has 7 heteroatoms. The third-order valence-electron chi connectivity index (χ3n) is 6.62. The van der Waals surface area contributed by atoms with Crippen molar-refractivity contribution in [3.63, 3.8) is 0 Å². The number of rotatable bonds is 9. The van der Waals surface area contributed by atoms with Crippen LogP contribution in [0.2, 0.25) is 0 Å². The van der Waals surface area contributed by atoms with Crippen molar-refractivity contribution >= 4 is 17.3 Å². The normalized spacial score (nSPS) is 13.8. The Labute approximate surface area is 217 Å². The Morgan fingerprint density at radius 2 is 1.70 bits per heavy atom. The van der Waals surface area contributed by atoms with Crippen molar-refractivity contribution < 1.29 is 9.53 Å². The summed E-state index contributed by atoms with van der Waals surface area (Å²) < 4.78 is 5.92. The van der Waals surface area contributed by atoms with Crippen LogP contribution in [0.1, 0.15) is 40.2 Å². The Morgan fingerprint density at radius 1 is 0.946 bits per heavy atom. The molecule has 0 saturated carbocycles. The van der Waals surface area contributed by atoms with Crippen molar-refractivity contribution in [1.82, 2.24) is 9.97 Å². The van der Waals surface area contributed by atoms with Crippen LogP contribution in [0.3, 0.4) is 0 Å². The number of piperidine rings is 1. The molecule has 3 N–H and O–H groups in total. The highest BCUT2D eigenvalue weighted by molar-refractivity contribution is 5.98. The summed E-state index contributed by atoms with van der Waals surface area (Å²) in [7, 11) is 0. The summed E-state index contributed by atoms with van der Waals surface area (Å²) in [6.45, 7) is 2.39. The molecule has 7 nitrogen and oxygen atoms in total. The second-order valence-electron chi connectivity index (χ2n) is 9.26. The largest absolute Gasteiger partial charge is 0.489 e. The molecule has 0 atom stereocenters. The zero-order valence-corrected chi connectivity index (χ0v) is 20.7. The smallest absolute Gasteiger partial charge is 0.252 e. The number of primary amides is 1. The molecule has 1 aliphatic rings. The quantitative estimate of drug-likeness (QED) is 0.347. The summed E-state index contributed by atoms with van der Waals surface area (Å²) in [6.07, 6.45) is 5.83. The number of ether oxygens (including phenoxy) is 1. The van der Waals surface area contributed by atoms with Crippen LogP contribution in [0.4, 0.5) is 11.4 Å². The maximum atomic E-state index is 12.0. The Hall–Kier alpha value is -4.39. The number of hydrogen-bond acceptors (Lipinski definition) is 6. The Morgan fingerprint density at radius 3 is 2.41 bits per heavy atom. The number of nitrogens with two attached hydrogens (primary N) is 1. The molecule has 1 amide bonds. The molecule has 5 rings (SSSR count). The first-order chi connectivity index (χ1) is 18.1. The molecule has 2 aromatic heterocycles. The number of amides is 1. The van der Waals surface area contributed by atoms with Crippen LogP contribution in [0.25, 0.3) is 0 Å². The van der Waals surface area contributed by atoms with Crippen molar-refractivity contribution in [1.29, 1.82) is 0 Å². The highest BCUT2D eigenvalue weighted by atomic mass is 16.5. The standard InChI is InChI=1S/C30H31N5O2/c31-30(36)28-20-33-25(18-24-8-4-5-15-32-24)19-29(28)34-23-13-16-35(17-14-23)26-9-11-27(12-10-26)37-21-22-6-2-1-3-7-22/h1-12,15,19-20,23H,13-14,16-18,21H2,(H2,31,36)(H,33,34). The third kappa shape index (κ3) is 6.44. The average molecular weight is 494 g/mol. The van der Waals surface area contributed by atoms with Gasteiger partial charge in [-0.25, -0.2) is 0 Å². The van der Waals surface area contributed by atoms with Crippen LogP contribution in [0.15, 0.2) is 91.3 Å². The van der Waals surface area contributed by atoms with E-state index < -0.39 is 5.91 Å². The van der Waals surface area contributed by atoms with Crippen molar-refractivity contribution in [2.24, 2.45) is 5.73 Å². The molecule has 1 saturated heterocycles. The summed E-state index contributed by atoms with van der Waals surface area (Å²) in [6, 6.07) is 26.4. The highest BCUT2D eigenvalue weighted by Crippen LogP contribution is 2.26. The molecule has 0 aliphatic carbocycles. The number of carbonyl (C=O) groups excluding carboxylic acids is 1. The molecule has 188 valence electrons. The number of aromatic nitrogens is 2. The van der Waals surface area contributed by atoms with E-state index in [2.05, 4.69) is 44.5 Å². The molecular formula is C30H31N5O2. The summed E-state index contributed by atoms with van der Waals surface area (Å²) in [5.41, 5.74) is 10.9. The average Bonchev–Trinajstić information content (AvgIpc) is 2.94. The van der Waals surface area contributed by atoms with E-state index in [1.807, 2.05) is 54.6 Å². The summed E-state index contributed by atoms with van der Waals surface area (Å²) in [5, 5.41) is 3.56. The lowest BCUT2D eigenvalue weighted by molar-refractivity contribution is 0.100. The van der Waals surface area contributed by atoms with Gasteiger partial charge in [0.25, 0.3) is 5.91 Å². The first-order valence-corrected chi connectivity index (χ1v) is 12.6. The van der Waals surface area contributed by atoms with E-state index >= 15 is 0 Å². The van der Waals surface area contributed by atoms with Crippen LogP contribution in [0, 0.1) is 0 Å². The molecule has 0 unspecified atom stereocenters. The van der Waals surface area contributed by atoms with Gasteiger partial charge < -0.3 is 20.7 Å². The van der Waals surface area contributed by atoms with E-state index in [-0.39, 0.29) is 6.04 Å². The number of carbonyl (C=O) groups is 1. The van der Waals surface area contributed by atoms with Gasteiger partial charge >= 0.3 is 0 Å². The van der Waals surface area contributed by atoms with E-state index in [1.165, 1.54) is 5.69 Å². The molecule has 37 heavy (non-hydrogen) atoms. The predicted molar refractivity (Wildman–Crippen MR) is 146 cm³/mol. The topological polar surface area (TPSA) is 93.4 Å². The van der Waals surface area contributed by atoms with Crippen LogP contribution in [0.5, 0.6) is 5.75 Å². The number of nitrogens with one attached hydrogen (secondary N) is 1. The molecule has 2 aromatic carbocycles. The van der Waals surface area contributed by atoms with E-state index in [4.69, 9.17) is 10.5 Å². The lowest BCUT2D eigenvalue weighted by atomic mass is 10.0. The molecule has 4 aromatic rings. The fourth-order valence-electron chi connectivity index (χ4n) is 4.60. The van der Waals surface area contributed by atoms with Gasteiger partial charge in [-0.3, -0.25) is 14.8 Å². The second kappa shape index (κ2) is 11.6. The van der Waals surface area contributed by atoms with Crippen molar-refractivity contribution in [3.05, 3.63) is 114 Å². The monoisotopic (exact) mass is 493 g/mol. The Bertz CT molecular complexity index is 1310. The van der Waals surface area contributed by atoms with Gasteiger partial charge in [0.1, 0.15) is 12.4 Å². The van der Waals surface area contributed by atoms with E-state index in [1.54, 1.807) is 12.4 Å². The maximum Gasteiger partial charge on any atom is 0.252 e. The summed E-state index contributed by atoms with van der Waals surface area (Å²) in [5.74, 6) is 0.383. The SMILES string of the molecule is NC(=O)c1cnc(Cc2ccccn2)cc1NC1CCN(c2ccc(OCc3ccccc3)cc2)CC1. The van der Waals surface area contributed by atoms with Crippen LogP contribution >= 0.6 is 0 Å². The van der Waals surface area contributed by atoms with Crippen molar-refractivity contribution in [2.45, 2.75) is 31.9 Å². The Kier molecular flexibility index (Phi) is 7.60. The number of pyridine rings is 2. The minimum absolute atomic E-state index is 0.243. The molecule has 3 heterocycles. The van der Waals surface area contributed by atoms with Gasteiger partial charge in [0.05, 0.1) is 11.3 Å². The van der Waals surface area contributed by atoms with Crippen LogP contribution < -0.4 is 20.7 Å². The molecule has 0 spiro atoms. The fraction of sp³-hybridized carbons (Fsp3) is 0.233. The number of anilines is 2. The third-order valence-corrected chi connectivity index (χ3v) is 6.62. The Balaban J connectivity index is 1.17. The van der Waals surface area contributed by atoms with Crippen LogP contribution in [-0.4, -0.2) is 35.0 Å². The zero-order valence-electron chi connectivity index (χ0n) is 20.7. The number of benzene rings is 2. The van der Waals surface area contributed by atoms with Gasteiger partial charge in [0.15, 0.2) is 0 Å². The van der Waals surface area contributed by atoms with E-state index in [0.717, 1.165) is 54.3 Å². The highest BCUT2D eigenvalue weighted by Gasteiger charge is 2.21. The number of nitrogens with zero attached hydrogens (tertiary/aromatic N) is 3. The van der Waals surface area contributed by atoms with Gasteiger partial charge in [-0.2, -0.15) is 0 Å². The van der Waals surface area contributed by atoms with Gasteiger partial charge in [0, 0.05) is 55.0 Å². The zero-order chi connectivity index (χ0) is 25.5. The van der Waals surface area contributed by atoms with Gasteiger partial charge in [-0.15, -0.1) is 0 Å². The van der Waals surface area contributed by atoms with Crippen molar-refractivity contribution in [3.8, 4) is 5.75 Å². The maximum absolute atomic E-state index is 12.0. The van der Waals surface area contributed by atoms with Crippen molar-refractivity contribution in [2.75, 3.05) is 23.3 Å². The minimum atomic E-state index is -0.480. The lowest BCUT2D eigenvalue weighted by Gasteiger charge is -2.34. The van der Waals surface area contributed by atoms with E-state index in [0.29, 0.717) is 18.6 Å². The second-order valence-corrected chi connectivity index (χ2v) is 9.26. The summed E-state index contributed by atoms with van der Waals surface area (Å²) in [4.78, 5) is 23.2. The molecule has 1 fully saturated rings. The van der Waals surface area contributed by atoms with E-state index in [9.17, 15) is 4.79 Å². The molecule has 1 aliphatic heterocycles. The molecule has 0 bridgehead atoms. The predicted octanol–water partition coefficient (Wildman–Crippen LogP) is 4.83. The lowest BCUT2D eigenvalue weighted by Crippen LogP contribution is -2.39. The first-order valence-electron chi connectivity index (χ1n) is 12.6.